The molecule has 2 rings (SSSR count). The van der Waals surface area contributed by atoms with Crippen LogP contribution < -0.4 is 16.6 Å². The third-order valence-electron chi connectivity index (χ3n) is 2.19. The van der Waals surface area contributed by atoms with E-state index in [0.717, 1.165) is 0 Å². The SMILES string of the molecule is O=c1cc(NC2CC=CC=C2Cl)[nH]c(=O)[nH]1. The maximum Gasteiger partial charge on any atom is 0.327 e. The van der Waals surface area contributed by atoms with E-state index < -0.39 is 11.2 Å². The molecule has 0 amide bonds. The van der Waals surface area contributed by atoms with Crippen LogP contribution in [-0.4, -0.2) is 16.0 Å². The van der Waals surface area contributed by atoms with E-state index in [1.807, 2.05) is 12.2 Å². The van der Waals surface area contributed by atoms with Gasteiger partial charge < -0.3 is 5.32 Å². The van der Waals surface area contributed by atoms with Gasteiger partial charge in [-0.2, -0.15) is 0 Å². The van der Waals surface area contributed by atoms with Crippen molar-refractivity contribution >= 4 is 17.4 Å². The van der Waals surface area contributed by atoms with Crippen molar-refractivity contribution in [1.82, 2.24) is 9.97 Å². The number of allylic oxidation sites excluding steroid dienone is 2. The molecular weight excluding hydrogens is 230 g/mol. The molecule has 0 fully saturated rings. The smallest absolute Gasteiger partial charge is 0.327 e. The van der Waals surface area contributed by atoms with Crippen molar-refractivity contribution in [3.05, 3.63) is 50.2 Å². The Morgan fingerprint density at radius 3 is 2.88 bits per heavy atom. The first-order valence-electron chi connectivity index (χ1n) is 4.77. The third kappa shape index (κ3) is 2.43. The van der Waals surface area contributed by atoms with E-state index in [-0.39, 0.29) is 6.04 Å². The van der Waals surface area contributed by atoms with Gasteiger partial charge in [-0.05, 0) is 12.5 Å². The quantitative estimate of drug-likeness (QED) is 0.718. The zero-order valence-corrected chi connectivity index (χ0v) is 9.04. The van der Waals surface area contributed by atoms with Crippen LogP contribution in [0.2, 0.25) is 0 Å². The Hall–Kier alpha value is -1.75. The van der Waals surface area contributed by atoms with Crippen molar-refractivity contribution in [2.75, 3.05) is 5.32 Å². The molecule has 0 saturated heterocycles. The fourth-order valence-corrected chi connectivity index (χ4v) is 1.68. The molecule has 1 aromatic heterocycles. The van der Waals surface area contributed by atoms with Crippen molar-refractivity contribution < 1.29 is 0 Å². The number of aromatic nitrogens is 2. The number of rotatable bonds is 2. The first-order chi connectivity index (χ1) is 7.65. The Bertz CT molecular complexity index is 527. The zero-order valence-electron chi connectivity index (χ0n) is 8.29. The highest BCUT2D eigenvalue weighted by atomic mass is 35.5. The van der Waals surface area contributed by atoms with Crippen LogP contribution in [0.15, 0.2) is 38.9 Å². The summed E-state index contributed by atoms with van der Waals surface area (Å²) in [5, 5.41) is 3.63. The van der Waals surface area contributed by atoms with Gasteiger partial charge in [0.05, 0.1) is 6.04 Å². The van der Waals surface area contributed by atoms with Crippen molar-refractivity contribution in [3.63, 3.8) is 0 Å². The van der Waals surface area contributed by atoms with Crippen LogP contribution in [0.4, 0.5) is 5.82 Å². The second-order valence-electron chi connectivity index (χ2n) is 3.41. The van der Waals surface area contributed by atoms with Crippen LogP contribution in [-0.2, 0) is 0 Å². The highest BCUT2D eigenvalue weighted by molar-refractivity contribution is 6.30. The molecular formula is C10H10ClN3O2. The van der Waals surface area contributed by atoms with Gasteiger partial charge in [-0.15, -0.1) is 0 Å². The lowest BCUT2D eigenvalue weighted by atomic mass is 10.1. The largest absolute Gasteiger partial charge is 0.363 e. The summed E-state index contributed by atoms with van der Waals surface area (Å²) in [5.74, 6) is 0.362. The van der Waals surface area contributed by atoms with E-state index in [0.29, 0.717) is 17.3 Å². The Morgan fingerprint density at radius 1 is 1.38 bits per heavy atom. The van der Waals surface area contributed by atoms with Gasteiger partial charge in [0.15, 0.2) is 0 Å². The molecule has 84 valence electrons. The van der Waals surface area contributed by atoms with Crippen LogP contribution in [0.1, 0.15) is 6.42 Å². The first kappa shape index (κ1) is 10.8. The highest BCUT2D eigenvalue weighted by Crippen LogP contribution is 2.19. The minimum atomic E-state index is -0.540. The van der Waals surface area contributed by atoms with Crippen LogP contribution in [0.25, 0.3) is 0 Å². The van der Waals surface area contributed by atoms with Crippen LogP contribution in [0.5, 0.6) is 0 Å². The highest BCUT2D eigenvalue weighted by Gasteiger charge is 2.13. The molecule has 0 aromatic carbocycles. The van der Waals surface area contributed by atoms with Crippen LogP contribution >= 0.6 is 11.6 Å². The predicted octanol–water partition coefficient (Wildman–Crippen LogP) is 0.926. The van der Waals surface area contributed by atoms with Crippen molar-refractivity contribution in [3.8, 4) is 0 Å². The van der Waals surface area contributed by atoms with Crippen LogP contribution in [0.3, 0.4) is 0 Å². The average Bonchev–Trinajstić information content (AvgIpc) is 2.20. The number of nitrogens with one attached hydrogen (secondary N) is 3. The molecule has 1 aromatic rings. The Labute approximate surface area is 95.9 Å². The summed E-state index contributed by atoms with van der Waals surface area (Å²) in [4.78, 5) is 26.7. The molecule has 5 nitrogen and oxygen atoms in total. The number of halogens is 1. The number of H-pyrrole nitrogens is 2. The molecule has 1 aliphatic carbocycles. The molecule has 16 heavy (non-hydrogen) atoms. The molecule has 0 spiro atoms. The van der Waals surface area contributed by atoms with E-state index >= 15 is 0 Å². The monoisotopic (exact) mass is 239 g/mol. The molecule has 0 bridgehead atoms. The van der Waals surface area contributed by atoms with Gasteiger partial charge in [-0.1, -0.05) is 23.8 Å². The van der Waals surface area contributed by atoms with Crippen molar-refractivity contribution in [2.24, 2.45) is 0 Å². The van der Waals surface area contributed by atoms with E-state index in [1.54, 1.807) is 6.08 Å². The topological polar surface area (TPSA) is 77.8 Å². The fourth-order valence-electron chi connectivity index (χ4n) is 1.47. The van der Waals surface area contributed by atoms with E-state index in [2.05, 4.69) is 15.3 Å². The summed E-state index contributed by atoms with van der Waals surface area (Å²) >= 11 is 5.98. The molecule has 0 aliphatic heterocycles. The summed E-state index contributed by atoms with van der Waals surface area (Å²) < 4.78 is 0. The lowest BCUT2D eigenvalue weighted by Crippen LogP contribution is -2.27. The Kier molecular flexibility index (Phi) is 2.96. The molecule has 1 aliphatic rings. The summed E-state index contributed by atoms with van der Waals surface area (Å²) in [6.45, 7) is 0. The summed E-state index contributed by atoms with van der Waals surface area (Å²) in [6.07, 6.45) is 6.30. The summed E-state index contributed by atoms with van der Waals surface area (Å²) in [5.41, 5.74) is -0.987. The molecule has 0 saturated carbocycles. The maximum absolute atomic E-state index is 11.1. The normalized spacial score (nSPS) is 19.3. The average molecular weight is 240 g/mol. The minimum absolute atomic E-state index is 0.107. The standard InChI is InChI=1S/C10H10ClN3O2/c11-6-3-1-2-4-7(6)12-8-5-9(15)14-10(16)13-8/h1-3,5,7H,4H2,(H3,12,13,14,15,16). The lowest BCUT2D eigenvalue weighted by Gasteiger charge is -2.19. The lowest BCUT2D eigenvalue weighted by molar-refractivity contribution is 0.852. The number of aromatic amines is 2. The Morgan fingerprint density at radius 2 is 2.19 bits per heavy atom. The van der Waals surface area contributed by atoms with Crippen molar-refractivity contribution in [1.29, 1.82) is 0 Å². The zero-order chi connectivity index (χ0) is 11.5. The molecule has 0 radical (unpaired) electrons. The summed E-state index contributed by atoms with van der Waals surface area (Å²) in [6, 6.07) is 1.17. The minimum Gasteiger partial charge on any atom is -0.363 e. The van der Waals surface area contributed by atoms with Crippen LogP contribution in [0, 0.1) is 0 Å². The van der Waals surface area contributed by atoms with Crippen molar-refractivity contribution in [2.45, 2.75) is 12.5 Å². The van der Waals surface area contributed by atoms with Gasteiger partial charge in [0, 0.05) is 11.1 Å². The number of hydrogen-bond donors (Lipinski definition) is 3. The van der Waals surface area contributed by atoms with Gasteiger partial charge in [0.25, 0.3) is 5.56 Å². The fraction of sp³-hybridized carbons (Fsp3) is 0.200. The van der Waals surface area contributed by atoms with Gasteiger partial charge >= 0.3 is 5.69 Å². The van der Waals surface area contributed by atoms with Gasteiger partial charge in [0.2, 0.25) is 0 Å². The Balaban J connectivity index is 2.21. The number of anilines is 1. The molecule has 1 atom stereocenters. The van der Waals surface area contributed by atoms with E-state index in [9.17, 15) is 9.59 Å². The second-order valence-corrected chi connectivity index (χ2v) is 3.85. The maximum atomic E-state index is 11.1. The van der Waals surface area contributed by atoms with Gasteiger partial charge in [-0.3, -0.25) is 14.8 Å². The number of hydrogen-bond acceptors (Lipinski definition) is 3. The molecule has 1 unspecified atom stereocenters. The molecule has 3 N–H and O–H groups in total. The molecule has 6 heteroatoms. The van der Waals surface area contributed by atoms with E-state index in [1.165, 1.54) is 6.07 Å². The third-order valence-corrected chi connectivity index (χ3v) is 2.58. The predicted molar refractivity (Wildman–Crippen MR) is 62.8 cm³/mol. The summed E-state index contributed by atoms with van der Waals surface area (Å²) in [7, 11) is 0. The first-order valence-corrected chi connectivity index (χ1v) is 5.15. The van der Waals surface area contributed by atoms with Gasteiger partial charge in [-0.25, -0.2) is 4.79 Å². The van der Waals surface area contributed by atoms with E-state index in [4.69, 9.17) is 11.6 Å². The molecule has 1 heterocycles. The van der Waals surface area contributed by atoms with Gasteiger partial charge in [0.1, 0.15) is 5.82 Å². The second kappa shape index (κ2) is 4.40.